The first-order chi connectivity index (χ1) is 34.0. The number of carboxylic acid groups (broad SMARTS) is 1. The van der Waals surface area contributed by atoms with Crippen LogP contribution in [0.5, 0.6) is 0 Å². The number of amides is 3. The van der Waals surface area contributed by atoms with Gasteiger partial charge in [0, 0.05) is 19.1 Å². The Balaban J connectivity index is 0.000000256. The second-order valence-electron chi connectivity index (χ2n) is 21.3. The number of carboxylic acids is 1. The SMILES string of the molecule is CC(C)(C)OC(=O)N1CCCCC1C(=O)NC(CCCc1ccccc1)CCCc1ccccc1.CC(C)(C)OC(=O)N1CCCCC1C(=O)O.[NH3+]C(CCCc1ccccc1)CCCc1ccccc1. The minimum atomic E-state index is -0.953. The van der Waals surface area contributed by atoms with Gasteiger partial charge in [-0.2, -0.15) is 0 Å². The fraction of sp³-hybridized carbons (Fsp3) is 0.533. The molecule has 2 heterocycles. The number of aryl methyl sites for hydroxylation is 4. The van der Waals surface area contributed by atoms with Crippen LogP contribution in [0.15, 0.2) is 121 Å². The van der Waals surface area contributed by atoms with Gasteiger partial charge >= 0.3 is 18.2 Å². The highest BCUT2D eigenvalue weighted by Gasteiger charge is 2.36. The third-order valence-electron chi connectivity index (χ3n) is 12.8. The summed E-state index contributed by atoms with van der Waals surface area (Å²) in [4.78, 5) is 51.9. The van der Waals surface area contributed by atoms with E-state index in [-0.39, 0.29) is 18.0 Å². The van der Waals surface area contributed by atoms with Gasteiger partial charge in [-0.3, -0.25) is 14.6 Å². The van der Waals surface area contributed by atoms with E-state index in [0.717, 1.165) is 64.2 Å². The molecule has 2 atom stereocenters. The fourth-order valence-corrected chi connectivity index (χ4v) is 9.07. The number of piperidine rings is 2. The maximum Gasteiger partial charge on any atom is 0.411 e. The molecule has 2 unspecified atom stereocenters. The molecule has 11 heteroatoms. The molecule has 11 nitrogen and oxygen atoms in total. The van der Waals surface area contributed by atoms with Crippen molar-refractivity contribution in [3.8, 4) is 0 Å². The topological polar surface area (TPSA) is 153 Å². The van der Waals surface area contributed by atoms with Crippen LogP contribution in [0.2, 0.25) is 0 Å². The van der Waals surface area contributed by atoms with Crippen LogP contribution in [0.25, 0.3) is 0 Å². The van der Waals surface area contributed by atoms with E-state index in [1.807, 2.05) is 32.9 Å². The number of aliphatic carboxylic acids is 1. The zero-order valence-corrected chi connectivity index (χ0v) is 44.0. The molecule has 0 bridgehead atoms. The first-order valence-corrected chi connectivity index (χ1v) is 26.5. The third kappa shape index (κ3) is 23.9. The van der Waals surface area contributed by atoms with Crippen LogP contribution in [0.4, 0.5) is 9.59 Å². The van der Waals surface area contributed by atoms with E-state index in [2.05, 4.69) is 120 Å². The number of nitrogens with one attached hydrogen (secondary N) is 1. The zero-order valence-electron chi connectivity index (χ0n) is 44.0. The van der Waals surface area contributed by atoms with Crippen molar-refractivity contribution in [3.05, 3.63) is 144 Å². The van der Waals surface area contributed by atoms with E-state index in [0.29, 0.717) is 32.0 Å². The highest BCUT2D eigenvalue weighted by molar-refractivity contribution is 5.86. The number of quaternary nitrogens is 1. The minimum Gasteiger partial charge on any atom is -0.480 e. The number of hydrogen-bond donors (Lipinski definition) is 3. The van der Waals surface area contributed by atoms with Crippen molar-refractivity contribution in [1.29, 1.82) is 0 Å². The Morgan fingerprint density at radius 1 is 0.535 bits per heavy atom. The summed E-state index contributed by atoms with van der Waals surface area (Å²) in [6, 6.07) is 42.0. The number of carbonyl (C=O) groups is 4. The van der Waals surface area contributed by atoms with Gasteiger partial charge in [-0.05, 0) is 179 Å². The van der Waals surface area contributed by atoms with E-state index in [1.165, 1.54) is 65.7 Å². The Morgan fingerprint density at radius 2 is 0.859 bits per heavy atom. The largest absolute Gasteiger partial charge is 0.480 e. The molecule has 4 aromatic rings. The molecule has 4 aromatic carbocycles. The molecule has 2 fully saturated rings. The monoisotopic (exact) mass is 976 g/mol. The lowest BCUT2D eigenvalue weighted by molar-refractivity contribution is -0.422. The number of carbonyl (C=O) groups excluding carboxylic acids is 3. The van der Waals surface area contributed by atoms with Gasteiger partial charge in [-0.15, -0.1) is 0 Å². The Kier molecular flexibility index (Phi) is 25.2. The molecule has 2 aliphatic heterocycles. The van der Waals surface area contributed by atoms with E-state index in [1.54, 1.807) is 25.7 Å². The average molecular weight is 976 g/mol. The number of nitrogens with zero attached hydrogens (tertiary/aromatic N) is 2. The van der Waals surface area contributed by atoms with Crippen molar-refractivity contribution in [2.75, 3.05) is 13.1 Å². The summed E-state index contributed by atoms with van der Waals surface area (Å²) in [5.41, 5.74) is 8.68. The molecular formula is C60H87N4O7+. The lowest BCUT2D eigenvalue weighted by atomic mass is 9.97. The second-order valence-corrected chi connectivity index (χ2v) is 21.3. The summed E-state index contributed by atoms with van der Waals surface area (Å²) >= 11 is 0. The fourth-order valence-electron chi connectivity index (χ4n) is 9.07. The van der Waals surface area contributed by atoms with Gasteiger partial charge < -0.3 is 25.6 Å². The van der Waals surface area contributed by atoms with Crippen LogP contribution >= 0.6 is 0 Å². The van der Waals surface area contributed by atoms with Crippen LogP contribution in [0, 0.1) is 0 Å². The molecule has 0 saturated carbocycles. The summed E-state index contributed by atoms with van der Waals surface area (Å²) in [6.07, 6.45) is 17.0. The number of likely N-dealkylation sites (tertiary alicyclic amines) is 2. The number of benzene rings is 4. The van der Waals surface area contributed by atoms with Crippen LogP contribution in [-0.4, -0.2) is 87.4 Å². The summed E-state index contributed by atoms with van der Waals surface area (Å²) in [5.74, 6) is -0.995. The summed E-state index contributed by atoms with van der Waals surface area (Å²) in [6.45, 7) is 11.9. The van der Waals surface area contributed by atoms with Crippen LogP contribution in [-0.2, 0) is 44.7 Å². The molecule has 388 valence electrons. The van der Waals surface area contributed by atoms with Crippen molar-refractivity contribution >= 4 is 24.1 Å². The van der Waals surface area contributed by atoms with E-state index in [4.69, 9.17) is 14.6 Å². The first kappa shape index (κ1) is 57.9. The molecule has 6 rings (SSSR count). The zero-order chi connectivity index (χ0) is 51.5. The molecule has 2 aliphatic rings. The summed E-state index contributed by atoms with van der Waals surface area (Å²) in [7, 11) is 0. The standard InChI is InChI=1S/C30H42N2O3.C19H25N.C11H19NO4/c1-30(2,3)35-29(34)32-23-11-10-22-27(32)28(33)31-26(20-12-18-24-14-6-4-7-15-24)21-13-19-25-16-8-5-9-17-25;20-19(15-7-13-17-9-3-1-4-10-17)16-8-14-18-11-5-2-6-12-18;1-11(2,3)16-10(15)12-7-5-4-6-8(12)9(13)14/h4-9,14-17,26-27H,10-13,18-23H2,1-3H3,(H,31,33);1-6,9-12,19H,7-8,13-16,20H2;8H,4-7H2,1-3H3,(H,13,14)/p+1. The average Bonchev–Trinajstić information content (AvgIpc) is 3.34. The normalized spacial score (nSPS) is 16.0. The quantitative estimate of drug-likeness (QED) is 0.0845. The smallest absolute Gasteiger partial charge is 0.411 e. The molecular weight excluding hydrogens is 889 g/mol. The first-order valence-electron chi connectivity index (χ1n) is 26.5. The number of hydrogen-bond acceptors (Lipinski definition) is 6. The van der Waals surface area contributed by atoms with Crippen LogP contribution in [0.3, 0.4) is 0 Å². The van der Waals surface area contributed by atoms with E-state index < -0.39 is 35.3 Å². The molecule has 0 spiro atoms. The number of rotatable bonds is 19. The van der Waals surface area contributed by atoms with Crippen molar-refractivity contribution < 1.29 is 39.5 Å². The van der Waals surface area contributed by atoms with Gasteiger partial charge in [0.1, 0.15) is 23.3 Å². The van der Waals surface area contributed by atoms with Gasteiger partial charge in [0.15, 0.2) is 0 Å². The molecule has 0 aromatic heterocycles. The predicted molar refractivity (Wildman–Crippen MR) is 285 cm³/mol. The maximum atomic E-state index is 13.4. The van der Waals surface area contributed by atoms with Gasteiger partial charge in [0.2, 0.25) is 5.91 Å². The Bertz CT molecular complexity index is 2020. The van der Waals surface area contributed by atoms with Gasteiger partial charge in [0.05, 0.1) is 6.04 Å². The van der Waals surface area contributed by atoms with Gasteiger partial charge in [-0.1, -0.05) is 121 Å². The second kappa shape index (κ2) is 30.9. The minimum absolute atomic E-state index is 0.0417. The van der Waals surface area contributed by atoms with Crippen molar-refractivity contribution in [2.45, 2.75) is 192 Å². The van der Waals surface area contributed by atoms with E-state index in [9.17, 15) is 19.2 Å². The molecule has 5 N–H and O–H groups in total. The maximum absolute atomic E-state index is 13.4. The van der Waals surface area contributed by atoms with Gasteiger partial charge in [0.25, 0.3) is 0 Å². The Morgan fingerprint density at radius 3 is 1.20 bits per heavy atom. The Labute approximate surface area is 426 Å². The Hall–Kier alpha value is -5.68. The predicted octanol–water partition coefficient (Wildman–Crippen LogP) is 11.8. The lowest BCUT2D eigenvalue weighted by Gasteiger charge is -2.36. The number of ether oxygens (including phenoxy) is 2. The van der Waals surface area contributed by atoms with Crippen molar-refractivity contribution in [2.24, 2.45) is 0 Å². The van der Waals surface area contributed by atoms with Gasteiger partial charge in [-0.25, -0.2) is 14.4 Å². The molecule has 0 aliphatic carbocycles. The molecule has 2 saturated heterocycles. The lowest BCUT2D eigenvalue weighted by Crippen LogP contribution is -2.60. The highest BCUT2D eigenvalue weighted by atomic mass is 16.6. The molecule has 3 amide bonds. The molecule has 71 heavy (non-hydrogen) atoms. The van der Waals surface area contributed by atoms with Crippen LogP contribution in [0.1, 0.15) is 154 Å². The molecule has 0 radical (unpaired) electrons. The summed E-state index contributed by atoms with van der Waals surface area (Å²) < 4.78 is 10.8. The van der Waals surface area contributed by atoms with E-state index >= 15 is 0 Å². The summed E-state index contributed by atoms with van der Waals surface area (Å²) in [5, 5.41) is 12.3. The third-order valence-corrected chi connectivity index (χ3v) is 12.8. The van der Waals surface area contributed by atoms with Crippen molar-refractivity contribution in [3.63, 3.8) is 0 Å². The highest BCUT2D eigenvalue weighted by Crippen LogP contribution is 2.23. The van der Waals surface area contributed by atoms with Crippen molar-refractivity contribution in [1.82, 2.24) is 15.1 Å². The van der Waals surface area contributed by atoms with Crippen LogP contribution < -0.4 is 11.1 Å².